The van der Waals surface area contributed by atoms with E-state index in [1.54, 1.807) is 0 Å². The fourth-order valence-corrected chi connectivity index (χ4v) is 1.10. The minimum atomic E-state index is 0.376. The lowest BCUT2D eigenvalue weighted by molar-refractivity contribution is 0.377. The lowest BCUT2D eigenvalue weighted by Crippen LogP contribution is -2.38. The minimum Gasteiger partial charge on any atom is -0.363 e. The van der Waals surface area contributed by atoms with E-state index >= 15 is 0 Å². The maximum atomic E-state index is 5.14. The van der Waals surface area contributed by atoms with Crippen molar-refractivity contribution in [3.63, 3.8) is 0 Å². The van der Waals surface area contributed by atoms with Crippen molar-refractivity contribution in [2.45, 2.75) is 41.0 Å². The van der Waals surface area contributed by atoms with Crippen LogP contribution in [0.25, 0.3) is 0 Å². The van der Waals surface area contributed by atoms with E-state index in [9.17, 15) is 0 Å². The maximum absolute atomic E-state index is 5.14. The van der Waals surface area contributed by atoms with Crippen LogP contribution in [0.5, 0.6) is 0 Å². The van der Waals surface area contributed by atoms with Crippen molar-refractivity contribution < 1.29 is 0 Å². The van der Waals surface area contributed by atoms with Crippen molar-refractivity contribution in [1.82, 2.24) is 10.6 Å². The van der Waals surface area contributed by atoms with Gasteiger partial charge in [0.05, 0.1) is 0 Å². The quantitative estimate of drug-likeness (QED) is 0.706. The van der Waals surface area contributed by atoms with Crippen molar-refractivity contribution in [2.24, 2.45) is 11.3 Å². The molecule has 0 fully saturated rings. The maximum Gasteiger partial charge on any atom is 0.166 e. The van der Waals surface area contributed by atoms with Crippen LogP contribution in [0.2, 0.25) is 0 Å². The van der Waals surface area contributed by atoms with E-state index in [-0.39, 0.29) is 0 Å². The predicted molar refractivity (Wildman–Crippen MR) is 67.5 cm³/mol. The van der Waals surface area contributed by atoms with Gasteiger partial charge >= 0.3 is 0 Å². The minimum absolute atomic E-state index is 0.376. The van der Waals surface area contributed by atoms with Crippen LogP contribution in [0.15, 0.2) is 0 Å². The highest BCUT2D eigenvalue weighted by Gasteiger charge is 2.09. The van der Waals surface area contributed by atoms with Gasteiger partial charge in [-0.15, -0.1) is 0 Å². The van der Waals surface area contributed by atoms with Gasteiger partial charge in [-0.05, 0) is 30.0 Å². The largest absolute Gasteiger partial charge is 0.363 e. The fourth-order valence-electron chi connectivity index (χ4n) is 0.910. The molecule has 0 aliphatic rings. The SMILES string of the molecule is CC(C)CNC(=S)NCCC(C)(C)C. The predicted octanol–water partition coefficient (Wildman–Crippen LogP) is 2.54. The highest BCUT2D eigenvalue weighted by atomic mass is 32.1. The molecule has 0 saturated carbocycles. The summed E-state index contributed by atoms with van der Waals surface area (Å²) < 4.78 is 0. The van der Waals surface area contributed by atoms with Gasteiger partial charge in [0.15, 0.2) is 5.11 Å². The van der Waals surface area contributed by atoms with Crippen molar-refractivity contribution >= 4 is 17.3 Å². The van der Waals surface area contributed by atoms with E-state index < -0.39 is 0 Å². The zero-order valence-corrected chi connectivity index (χ0v) is 10.9. The Morgan fingerprint density at radius 2 is 1.79 bits per heavy atom. The van der Waals surface area contributed by atoms with Crippen LogP contribution < -0.4 is 10.6 Å². The van der Waals surface area contributed by atoms with Gasteiger partial charge in [0, 0.05) is 13.1 Å². The fraction of sp³-hybridized carbons (Fsp3) is 0.909. The Labute approximate surface area is 93.8 Å². The Hall–Kier alpha value is -0.310. The van der Waals surface area contributed by atoms with Gasteiger partial charge in [0.2, 0.25) is 0 Å². The van der Waals surface area contributed by atoms with Crippen molar-refractivity contribution in [2.75, 3.05) is 13.1 Å². The van der Waals surface area contributed by atoms with E-state index in [4.69, 9.17) is 12.2 Å². The Bertz CT molecular complexity index is 171. The molecular weight excluding hydrogens is 192 g/mol. The normalized spacial score (nSPS) is 11.6. The highest BCUT2D eigenvalue weighted by molar-refractivity contribution is 7.80. The number of hydrogen-bond acceptors (Lipinski definition) is 1. The van der Waals surface area contributed by atoms with Gasteiger partial charge < -0.3 is 10.6 Å². The van der Waals surface area contributed by atoms with Gasteiger partial charge in [-0.25, -0.2) is 0 Å². The zero-order chi connectivity index (χ0) is 11.2. The topological polar surface area (TPSA) is 24.1 Å². The molecular formula is C11H24N2S. The van der Waals surface area contributed by atoms with Crippen LogP contribution in [0, 0.1) is 11.3 Å². The molecule has 3 heteroatoms. The molecule has 0 heterocycles. The molecule has 0 rings (SSSR count). The average Bonchev–Trinajstić information content (AvgIpc) is 1.98. The summed E-state index contributed by atoms with van der Waals surface area (Å²) in [5, 5.41) is 7.18. The second kappa shape index (κ2) is 6.23. The van der Waals surface area contributed by atoms with Crippen LogP contribution in [-0.4, -0.2) is 18.2 Å². The molecule has 0 aromatic heterocycles. The Balaban J connectivity index is 3.46. The van der Waals surface area contributed by atoms with Gasteiger partial charge in [-0.1, -0.05) is 34.6 Å². The third-order valence-electron chi connectivity index (χ3n) is 1.83. The monoisotopic (exact) mass is 216 g/mol. The third-order valence-corrected chi connectivity index (χ3v) is 2.12. The van der Waals surface area contributed by atoms with Crippen LogP contribution in [0.1, 0.15) is 41.0 Å². The summed E-state index contributed by atoms with van der Waals surface area (Å²) in [5.74, 6) is 0.636. The van der Waals surface area contributed by atoms with Crippen LogP contribution in [-0.2, 0) is 0 Å². The second-order valence-corrected chi connectivity index (χ2v) is 5.75. The van der Waals surface area contributed by atoms with Crippen LogP contribution in [0.4, 0.5) is 0 Å². The molecule has 0 aliphatic heterocycles. The summed E-state index contributed by atoms with van der Waals surface area (Å²) in [6.45, 7) is 12.9. The third kappa shape index (κ3) is 9.78. The molecule has 0 atom stereocenters. The number of nitrogens with one attached hydrogen (secondary N) is 2. The van der Waals surface area contributed by atoms with Crippen LogP contribution in [0.3, 0.4) is 0 Å². The van der Waals surface area contributed by atoms with Gasteiger partial charge in [-0.3, -0.25) is 0 Å². The van der Waals surface area contributed by atoms with E-state index in [0.717, 1.165) is 24.6 Å². The van der Waals surface area contributed by atoms with E-state index in [1.807, 2.05) is 0 Å². The molecule has 0 saturated heterocycles. The molecule has 14 heavy (non-hydrogen) atoms. The first-order chi connectivity index (χ1) is 6.31. The number of thiocarbonyl (C=S) groups is 1. The molecule has 2 nitrogen and oxygen atoms in total. The lowest BCUT2D eigenvalue weighted by Gasteiger charge is -2.19. The summed E-state index contributed by atoms with van der Waals surface area (Å²) in [7, 11) is 0. The molecule has 0 aromatic carbocycles. The first kappa shape index (κ1) is 13.7. The van der Waals surface area contributed by atoms with Gasteiger partial charge in [-0.2, -0.15) is 0 Å². The molecule has 0 bridgehead atoms. The Morgan fingerprint density at radius 3 is 2.21 bits per heavy atom. The summed E-state index contributed by atoms with van der Waals surface area (Å²) in [6, 6.07) is 0. The zero-order valence-electron chi connectivity index (χ0n) is 10.1. The first-order valence-corrected chi connectivity index (χ1v) is 5.74. The smallest absolute Gasteiger partial charge is 0.166 e. The summed E-state index contributed by atoms with van der Waals surface area (Å²) in [5.41, 5.74) is 0.376. The first-order valence-electron chi connectivity index (χ1n) is 5.33. The molecule has 0 radical (unpaired) electrons. The van der Waals surface area contributed by atoms with E-state index in [0.29, 0.717) is 11.3 Å². The number of rotatable bonds is 4. The molecule has 0 spiro atoms. The van der Waals surface area contributed by atoms with Crippen LogP contribution >= 0.6 is 12.2 Å². The van der Waals surface area contributed by atoms with Gasteiger partial charge in [0.25, 0.3) is 0 Å². The van der Waals surface area contributed by atoms with Gasteiger partial charge in [0.1, 0.15) is 0 Å². The standard InChI is InChI=1S/C11H24N2S/c1-9(2)8-13-10(14)12-7-6-11(3,4)5/h9H,6-8H2,1-5H3,(H2,12,13,14). The van der Waals surface area contributed by atoms with Crippen molar-refractivity contribution in [3.05, 3.63) is 0 Å². The second-order valence-electron chi connectivity index (χ2n) is 5.34. The molecule has 84 valence electrons. The summed E-state index contributed by atoms with van der Waals surface area (Å²) in [6.07, 6.45) is 1.14. The lowest BCUT2D eigenvalue weighted by atomic mass is 9.92. The molecule has 0 aromatic rings. The summed E-state index contributed by atoms with van der Waals surface area (Å²) in [4.78, 5) is 0. The van der Waals surface area contributed by atoms with E-state index in [2.05, 4.69) is 45.3 Å². The van der Waals surface area contributed by atoms with Crippen molar-refractivity contribution in [1.29, 1.82) is 0 Å². The highest BCUT2D eigenvalue weighted by Crippen LogP contribution is 2.16. The Morgan fingerprint density at radius 1 is 1.21 bits per heavy atom. The molecule has 2 N–H and O–H groups in total. The van der Waals surface area contributed by atoms with Crippen molar-refractivity contribution in [3.8, 4) is 0 Å². The molecule has 0 aliphatic carbocycles. The summed E-state index contributed by atoms with van der Waals surface area (Å²) >= 11 is 5.14. The average molecular weight is 216 g/mol. The van der Waals surface area contributed by atoms with E-state index in [1.165, 1.54) is 0 Å². The molecule has 0 amide bonds. The number of hydrogen-bond donors (Lipinski definition) is 2. The Kier molecular flexibility index (Phi) is 6.09. The molecule has 0 unspecified atom stereocenters.